The number of nitrogens with zero attached hydrogens (tertiary/aromatic N) is 1. The minimum atomic E-state index is -0.346. The molecule has 4 heteroatoms. The summed E-state index contributed by atoms with van der Waals surface area (Å²) in [6.45, 7) is 8.73. The average Bonchev–Trinajstić information content (AvgIpc) is 3.04. The molecule has 0 aliphatic heterocycles. The molecule has 0 atom stereocenters. The summed E-state index contributed by atoms with van der Waals surface area (Å²) in [5, 5.41) is 0. The van der Waals surface area contributed by atoms with Gasteiger partial charge in [-0.25, -0.2) is 4.79 Å². The maximum atomic E-state index is 11.7. The quantitative estimate of drug-likeness (QED) is 0.337. The maximum Gasteiger partial charge on any atom is 0.419 e. The van der Waals surface area contributed by atoms with Crippen molar-refractivity contribution >= 4 is 16.9 Å². The van der Waals surface area contributed by atoms with Gasteiger partial charge in [0.2, 0.25) is 0 Å². The minimum absolute atomic E-state index is 0.0294. The van der Waals surface area contributed by atoms with Crippen molar-refractivity contribution in [3.05, 3.63) is 69.7 Å². The van der Waals surface area contributed by atoms with Crippen molar-refractivity contribution in [1.29, 1.82) is 0 Å². The fraction of sp³-hybridized carbons (Fsp3) is 0.440. The fourth-order valence-electron chi connectivity index (χ4n) is 3.43. The number of rotatable bonds is 8. The number of aromatic nitrogens is 1. The molecule has 0 saturated carbocycles. The molecule has 4 nitrogen and oxygen atoms in total. The molecule has 0 saturated heterocycles. The Balaban J connectivity index is 0.000000234. The third-order valence-corrected chi connectivity index (χ3v) is 5.08. The van der Waals surface area contributed by atoms with E-state index in [2.05, 4.69) is 45.0 Å². The van der Waals surface area contributed by atoms with Crippen LogP contribution in [0.3, 0.4) is 0 Å². The Kier molecular flexibility index (Phi) is 8.91. The predicted molar refractivity (Wildman–Crippen MR) is 120 cm³/mol. The number of unbranched alkanes of at least 4 members (excludes halogenated alkanes) is 2. The SMILES string of the molecule is CCCCCn1c(=O)oc2cc(C(C)=O)ccc21.CCCc1ccccc1CC. The molecule has 3 aromatic rings. The predicted octanol–water partition coefficient (Wildman–Crippen LogP) is 6.19. The van der Waals surface area contributed by atoms with Crippen LogP contribution in [0.4, 0.5) is 0 Å². The molecule has 1 heterocycles. The molecule has 0 aliphatic rings. The summed E-state index contributed by atoms with van der Waals surface area (Å²) in [5.41, 5.74) is 4.86. The molecule has 156 valence electrons. The van der Waals surface area contributed by atoms with E-state index in [1.807, 2.05) is 0 Å². The molecule has 0 N–H and O–H groups in total. The Hall–Kier alpha value is -2.62. The van der Waals surface area contributed by atoms with Crippen LogP contribution in [-0.2, 0) is 19.4 Å². The number of oxazole rings is 1. The molecule has 0 spiro atoms. The van der Waals surface area contributed by atoms with Crippen LogP contribution < -0.4 is 5.76 Å². The Morgan fingerprint density at radius 1 is 0.966 bits per heavy atom. The topological polar surface area (TPSA) is 52.2 Å². The van der Waals surface area contributed by atoms with E-state index in [1.54, 1.807) is 22.8 Å². The van der Waals surface area contributed by atoms with Gasteiger partial charge >= 0.3 is 5.76 Å². The summed E-state index contributed by atoms with van der Waals surface area (Å²) in [6, 6.07) is 13.9. The van der Waals surface area contributed by atoms with Crippen molar-refractivity contribution in [2.45, 2.75) is 72.8 Å². The van der Waals surface area contributed by atoms with Gasteiger partial charge in [0.05, 0.1) is 5.52 Å². The summed E-state index contributed by atoms with van der Waals surface area (Å²) in [4.78, 5) is 23.0. The van der Waals surface area contributed by atoms with Crippen molar-refractivity contribution in [3.8, 4) is 0 Å². The second-order valence-electron chi connectivity index (χ2n) is 7.34. The van der Waals surface area contributed by atoms with E-state index in [4.69, 9.17) is 4.42 Å². The normalized spacial score (nSPS) is 10.6. The number of aryl methyl sites for hydroxylation is 3. The van der Waals surface area contributed by atoms with Gasteiger partial charge in [0, 0.05) is 12.1 Å². The molecule has 1 aromatic heterocycles. The summed E-state index contributed by atoms with van der Waals surface area (Å²) in [5.74, 6) is -0.375. The lowest BCUT2D eigenvalue weighted by molar-refractivity contribution is 0.101. The van der Waals surface area contributed by atoms with Crippen LogP contribution in [0.5, 0.6) is 0 Å². The third-order valence-electron chi connectivity index (χ3n) is 5.08. The zero-order valence-corrected chi connectivity index (χ0v) is 18.2. The van der Waals surface area contributed by atoms with Gasteiger partial charge < -0.3 is 4.42 Å². The minimum Gasteiger partial charge on any atom is -0.408 e. The maximum absolute atomic E-state index is 11.7. The Morgan fingerprint density at radius 2 is 1.69 bits per heavy atom. The largest absolute Gasteiger partial charge is 0.419 e. The van der Waals surface area contributed by atoms with Gasteiger partial charge in [-0.3, -0.25) is 9.36 Å². The molecular formula is C25H33NO3. The Bertz CT molecular complexity index is 981. The van der Waals surface area contributed by atoms with Gasteiger partial charge in [0.25, 0.3) is 0 Å². The number of Topliss-reactive ketones (excluding diaryl/α,β-unsaturated/α-hetero) is 1. The van der Waals surface area contributed by atoms with Crippen molar-refractivity contribution in [3.63, 3.8) is 0 Å². The highest BCUT2D eigenvalue weighted by molar-refractivity contribution is 5.96. The first-order valence-electron chi connectivity index (χ1n) is 10.7. The first kappa shape index (κ1) is 22.7. The van der Waals surface area contributed by atoms with Gasteiger partial charge in [0.15, 0.2) is 11.4 Å². The number of carbonyl (C=O) groups is 1. The van der Waals surface area contributed by atoms with E-state index in [0.717, 1.165) is 31.2 Å². The van der Waals surface area contributed by atoms with Crippen LogP contribution in [0.15, 0.2) is 51.7 Å². The average molecular weight is 396 g/mol. The molecular weight excluding hydrogens is 362 g/mol. The van der Waals surface area contributed by atoms with Gasteiger partial charge in [-0.2, -0.15) is 0 Å². The highest BCUT2D eigenvalue weighted by Gasteiger charge is 2.10. The number of carbonyl (C=O) groups excluding carboxylic acids is 1. The van der Waals surface area contributed by atoms with E-state index in [9.17, 15) is 9.59 Å². The number of benzene rings is 2. The van der Waals surface area contributed by atoms with Crippen molar-refractivity contribution < 1.29 is 9.21 Å². The number of fused-ring (bicyclic) bond motifs is 1. The lowest BCUT2D eigenvalue weighted by atomic mass is 10.0. The van der Waals surface area contributed by atoms with Crippen LogP contribution in [0, 0.1) is 0 Å². The second kappa shape index (κ2) is 11.4. The van der Waals surface area contributed by atoms with Gasteiger partial charge in [-0.1, -0.05) is 64.3 Å². The van der Waals surface area contributed by atoms with Crippen molar-refractivity contribution in [2.24, 2.45) is 0 Å². The molecule has 0 fully saturated rings. The molecule has 0 amide bonds. The number of ketones is 1. The molecule has 29 heavy (non-hydrogen) atoms. The fourth-order valence-corrected chi connectivity index (χ4v) is 3.43. The smallest absolute Gasteiger partial charge is 0.408 e. The van der Waals surface area contributed by atoms with Gasteiger partial charge in [-0.15, -0.1) is 0 Å². The Morgan fingerprint density at radius 3 is 2.31 bits per heavy atom. The second-order valence-corrected chi connectivity index (χ2v) is 7.34. The first-order chi connectivity index (χ1) is 14.0. The highest BCUT2D eigenvalue weighted by Crippen LogP contribution is 2.16. The van der Waals surface area contributed by atoms with Crippen LogP contribution in [-0.4, -0.2) is 10.4 Å². The molecule has 0 bridgehead atoms. The zero-order valence-electron chi connectivity index (χ0n) is 18.2. The standard InChI is InChI=1S/C14H17NO3.C11H16/c1-3-4-5-8-15-12-7-6-11(10(2)16)9-13(12)18-14(15)17;1-3-7-11-9-6-5-8-10(11)4-2/h6-7,9H,3-5,8H2,1-2H3;5-6,8-9H,3-4,7H2,1-2H3. The molecule has 3 rings (SSSR count). The summed E-state index contributed by atoms with van der Waals surface area (Å²) >= 11 is 0. The van der Waals surface area contributed by atoms with E-state index in [1.165, 1.54) is 30.9 Å². The first-order valence-corrected chi connectivity index (χ1v) is 10.7. The summed E-state index contributed by atoms with van der Waals surface area (Å²) in [7, 11) is 0. The molecule has 0 aliphatic carbocycles. The number of hydrogen-bond donors (Lipinski definition) is 0. The number of hydrogen-bond acceptors (Lipinski definition) is 3. The van der Waals surface area contributed by atoms with E-state index < -0.39 is 0 Å². The molecule has 0 radical (unpaired) electrons. The van der Waals surface area contributed by atoms with E-state index >= 15 is 0 Å². The molecule has 2 aromatic carbocycles. The van der Waals surface area contributed by atoms with Crippen LogP contribution in [0.2, 0.25) is 0 Å². The van der Waals surface area contributed by atoms with Crippen LogP contribution in [0.25, 0.3) is 11.1 Å². The van der Waals surface area contributed by atoms with E-state index in [0.29, 0.717) is 17.7 Å². The van der Waals surface area contributed by atoms with Crippen molar-refractivity contribution in [1.82, 2.24) is 4.57 Å². The highest BCUT2D eigenvalue weighted by atomic mass is 16.4. The summed E-state index contributed by atoms with van der Waals surface area (Å²) in [6.07, 6.45) is 6.79. The molecule has 0 unspecified atom stereocenters. The zero-order chi connectivity index (χ0) is 21.2. The third kappa shape index (κ3) is 6.18. The summed E-state index contributed by atoms with van der Waals surface area (Å²) < 4.78 is 6.81. The van der Waals surface area contributed by atoms with Crippen LogP contribution >= 0.6 is 0 Å². The van der Waals surface area contributed by atoms with Crippen molar-refractivity contribution in [2.75, 3.05) is 0 Å². The lowest BCUT2D eigenvalue weighted by Crippen LogP contribution is -2.13. The Labute approximate surface area is 173 Å². The van der Waals surface area contributed by atoms with E-state index in [-0.39, 0.29) is 11.5 Å². The van der Waals surface area contributed by atoms with Gasteiger partial charge in [-0.05, 0) is 55.5 Å². The van der Waals surface area contributed by atoms with Crippen LogP contribution in [0.1, 0.15) is 74.9 Å². The monoisotopic (exact) mass is 395 g/mol. The van der Waals surface area contributed by atoms with Gasteiger partial charge in [0.1, 0.15) is 0 Å². The lowest BCUT2D eigenvalue weighted by Gasteiger charge is -2.04.